The molecule has 2 heterocycles. The Kier molecular flexibility index (Phi) is 4.28. The van der Waals surface area contributed by atoms with Crippen LogP contribution in [0.3, 0.4) is 0 Å². The molecule has 1 aliphatic rings. The molecule has 0 spiro atoms. The minimum atomic E-state index is -0.738. The molecule has 0 aliphatic carbocycles. The second kappa shape index (κ2) is 6.35. The Morgan fingerprint density at radius 2 is 2.09 bits per heavy atom. The minimum Gasteiger partial charge on any atom is -0.334 e. The quantitative estimate of drug-likeness (QED) is 0.440. The molecule has 0 radical (unpaired) electrons. The van der Waals surface area contributed by atoms with Crippen molar-refractivity contribution in [1.82, 2.24) is 10.7 Å². The summed E-state index contributed by atoms with van der Waals surface area (Å²) in [5, 5.41) is 5.02. The van der Waals surface area contributed by atoms with E-state index in [1.165, 1.54) is 0 Å². The molecule has 0 saturated heterocycles. The predicted molar refractivity (Wildman–Crippen MR) is 92.0 cm³/mol. The van der Waals surface area contributed by atoms with Gasteiger partial charge in [0.1, 0.15) is 0 Å². The van der Waals surface area contributed by atoms with E-state index in [4.69, 9.17) is 18.1 Å². The molecule has 7 heteroatoms. The lowest BCUT2D eigenvalue weighted by atomic mass is 10.0. The zero-order valence-electron chi connectivity index (χ0n) is 11.6. The summed E-state index contributed by atoms with van der Waals surface area (Å²) in [4.78, 5) is 18.0. The van der Waals surface area contributed by atoms with Crippen LogP contribution >= 0.6 is 23.6 Å². The number of hydrogen-bond donors (Lipinski definition) is 3. The molecule has 2 aromatic rings. The van der Waals surface area contributed by atoms with Gasteiger partial charge in [-0.05, 0) is 23.7 Å². The number of ketones is 1. The number of nitrogens with two attached hydrogens (primary N) is 1. The molecule has 4 N–H and O–H groups in total. The lowest BCUT2D eigenvalue weighted by Crippen LogP contribution is -2.47. The zero-order valence-corrected chi connectivity index (χ0v) is 13.2. The molecule has 22 heavy (non-hydrogen) atoms. The average Bonchev–Trinajstić information content (AvgIpc) is 2.94. The van der Waals surface area contributed by atoms with Gasteiger partial charge in [-0.25, -0.2) is 5.84 Å². The van der Waals surface area contributed by atoms with Gasteiger partial charge in [0.05, 0.1) is 5.71 Å². The molecule has 5 nitrogen and oxygen atoms in total. The minimum absolute atomic E-state index is 0.0350. The molecule has 1 aromatic heterocycles. The van der Waals surface area contributed by atoms with Crippen LogP contribution in [-0.4, -0.2) is 22.8 Å². The fourth-order valence-electron chi connectivity index (χ4n) is 2.32. The number of hydrazine groups is 1. The summed E-state index contributed by atoms with van der Waals surface area (Å²) in [5.41, 5.74) is 5.08. The van der Waals surface area contributed by atoms with Crippen molar-refractivity contribution in [3.05, 3.63) is 57.8 Å². The highest BCUT2D eigenvalue weighted by Gasteiger charge is 2.27. The summed E-state index contributed by atoms with van der Waals surface area (Å²) >= 11 is 6.55. The number of aliphatic imine (C=N–C) groups is 1. The first kappa shape index (κ1) is 14.8. The number of hydrogen-bond acceptors (Lipinski definition) is 5. The molecule has 0 saturated carbocycles. The topological polar surface area (TPSA) is 79.5 Å². The number of thiocarbonyl (C=S) groups is 1. The fraction of sp³-hybridized carbons (Fsp3) is 0.133. The van der Waals surface area contributed by atoms with Crippen LogP contribution in [0.25, 0.3) is 0 Å². The SMILES string of the molecule is NNC(=S)NC1N=C(c2ccccc2)c2ccsc2CC1=O. The van der Waals surface area contributed by atoms with Crippen molar-refractivity contribution in [3.63, 3.8) is 0 Å². The van der Waals surface area contributed by atoms with Crippen LogP contribution in [0.4, 0.5) is 0 Å². The molecule has 0 fully saturated rings. The van der Waals surface area contributed by atoms with E-state index in [-0.39, 0.29) is 10.9 Å². The van der Waals surface area contributed by atoms with Gasteiger partial charge in [0.25, 0.3) is 0 Å². The number of Topliss-reactive ketones (excluding diaryl/α,β-unsaturated/α-hetero) is 1. The maximum absolute atomic E-state index is 12.4. The second-order valence-corrected chi connectivity index (χ2v) is 6.17. The molecule has 1 aliphatic heterocycles. The van der Waals surface area contributed by atoms with Gasteiger partial charge in [-0.15, -0.1) is 11.3 Å². The molecule has 1 atom stereocenters. The van der Waals surface area contributed by atoms with E-state index in [9.17, 15) is 4.79 Å². The smallest absolute Gasteiger partial charge is 0.182 e. The standard InChI is InChI=1S/C15H14N4OS2/c16-19-15(21)18-14-11(20)8-12-10(6-7-22-12)13(17-14)9-4-2-1-3-5-9/h1-7,14H,8,16H2,(H2,18,19,21). The van der Waals surface area contributed by atoms with Crippen LogP contribution < -0.4 is 16.6 Å². The van der Waals surface area contributed by atoms with Crippen LogP contribution in [0.5, 0.6) is 0 Å². The third kappa shape index (κ3) is 2.92. The van der Waals surface area contributed by atoms with E-state index < -0.39 is 6.17 Å². The maximum atomic E-state index is 12.4. The van der Waals surface area contributed by atoms with Gasteiger partial charge in [0.2, 0.25) is 0 Å². The largest absolute Gasteiger partial charge is 0.334 e. The Balaban J connectivity index is 2.07. The second-order valence-electron chi connectivity index (χ2n) is 4.76. The Hall–Kier alpha value is -2.09. The molecular formula is C15H14N4OS2. The number of carbonyl (C=O) groups excluding carboxylic acids is 1. The van der Waals surface area contributed by atoms with Gasteiger partial charge in [0, 0.05) is 22.4 Å². The first-order chi connectivity index (χ1) is 10.7. The van der Waals surface area contributed by atoms with Crippen molar-refractivity contribution in [2.24, 2.45) is 10.8 Å². The van der Waals surface area contributed by atoms with Gasteiger partial charge in [-0.2, -0.15) is 0 Å². The van der Waals surface area contributed by atoms with Gasteiger partial charge in [0.15, 0.2) is 17.1 Å². The van der Waals surface area contributed by atoms with Crippen LogP contribution in [-0.2, 0) is 11.2 Å². The van der Waals surface area contributed by atoms with E-state index in [1.54, 1.807) is 11.3 Å². The van der Waals surface area contributed by atoms with Crippen LogP contribution in [0.15, 0.2) is 46.8 Å². The summed E-state index contributed by atoms with van der Waals surface area (Å²) in [6.07, 6.45) is -0.407. The third-order valence-corrected chi connectivity index (χ3v) is 4.50. The van der Waals surface area contributed by atoms with Crippen LogP contribution in [0.2, 0.25) is 0 Å². The number of nitrogens with zero attached hydrogens (tertiary/aromatic N) is 1. The van der Waals surface area contributed by atoms with Crippen LogP contribution in [0, 0.1) is 0 Å². The number of rotatable bonds is 2. The lowest BCUT2D eigenvalue weighted by Gasteiger charge is -2.14. The first-order valence-electron chi connectivity index (χ1n) is 6.69. The van der Waals surface area contributed by atoms with E-state index >= 15 is 0 Å². The Labute approximate surface area is 137 Å². The van der Waals surface area contributed by atoms with Gasteiger partial charge >= 0.3 is 0 Å². The molecule has 0 bridgehead atoms. The number of nitrogens with one attached hydrogen (secondary N) is 2. The van der Waals surface area contributed by atoms with Crippen molar-refractivity contribution in [1.29, 1.82) is 0 Å². The van der Waals surface area contributed by atoms with Gasteiger partial charge < -0.3 is 10.7 Å². The van der Waals surface area contributed by atoms with Crippen molar-refractivity contribution >= 4 is 40.2 Å². The van der Waals surface area contributed by atoms with Crippen LogP contribution in [0.1, 0.15) is 16.0 Å². The molecule has 0 amide bonds. The molecule has 112 valence electrons. The van der Waals surface area contributed by atoms with Crippen molar-refractivity contribution in [3.8, 4) is 0 Å². The van der Waals surface area contributed by atoms with E-state index in [2.05, 4.69) is 15.7 Å². The average molecular weight is 330 g/mol. The normalized spacial score (nSPS) is 17.2. The van der Waals surface area contributed by atoms with Crippen molar-refractivity contribution in [2.75, 3.05) is 0 Å². The summed E-state index contributed by atoms with van der Waals surface area (Å²) in [6.45, 7) is 0. The summed E-state index contributed by atoms with van der Waals surface area (Å²) in [6, 6.07) is 11.8. The van der Waals surface area contributed by atoms with Crippen molar-refractivity contribution in [2.45, 2.75) is 12.6 Å². The number of fused-ring (bicyclic) bond motifs is 1. The zero-order chi connectivity index (χ0) is 15.5. The van der Waals surface area contributed by atoms with Gasteiger partial charge in [-0.3, -0.25) is 9.79 Å². The van der Waals surface area contributed by atoms with E-state index in [0.29, 0.717) is 6.42 Å². The molecule has 3 rings (SSSR count). The summed E-state index contributed by atoms with van der Waals surface area (Å²) in [7, 11) is 0. The summed E-state index contributed by atoms with van der Waals surface area (Å²) in [5.74, 6) is 5.24. The third-order valence-electron chi connectivity index (χ3n) is 3.34. The molecule has 1 aromatic carbocycles. The first-order valence-corrected chi connectivity index (χ1v) is 7.97. The van der Waals surface area contributed by atoms with E-state index in [1.807, 2.05) is 41.8 Å². The number of carbonyl (C=O) groups is 1. The lowest BCUT2D eigenvalue weighted by molar-refractivity contribution is -0.119. The van der Waals surface area contributed by atoms with Crippen molar-refractivity contribution < 1.29 is 4.79 Å². The maximum Gasteiger partial charge on any atom is 0.182 e. The number of benzene rings is 1. The summed E-state index contributed by atoms with van der Waals surface area (Å²) < 4.78 is 0. The Morgan fingerprint density at radius 3 is 2.82 bits per heavy atom. The van der Waals surface area contributed by atoms with Gasteiger partial charge in [-0.1, -0.05) is 30.3 Å². The fourth-order valence-corrected chi connectivity index (χ4v) is 3.32. The predicted octanol–water partition coefficient (Wildman–Crippen LogP) is 1.37. The number of thiophene rings is 1. The molecular weight excluding hydrogens is 316 g/mol. The Morgan fingerprint density at radius 1 is 1.32 bits per heavy atom. The highest BCUT2D eigenvalue weighted by atomic mass is 32.1. The monoisotopic (exact) mass is 330 g/mol. The van der Waals surface area contributed by atoms with E-state index in [0.717, 1.165) is 21.7 Å². The highest BCUT2D eigenvalue weighted by Crippen LogP contribution is 2.25. The highest BCUT2D eigenvalue weighted by molar-refractivity contribution is 7.80. The molecule has 1 unspecified atom stereocenters. The Bertz CT molecular complexity index is 739.